The Balaban J connectivity index is 1.78. The molecule has 0 fully saturated rings. The van der Waals surface area contributed by atoms with Crippen molar-refractivity contribution in [2.24, 2.45) is 0 Å². The average Bonchev–Trinajstić information content (AvgIpc) is 3.15. The summed E-state index contributed by atoms with van der Waals surface area (Å²) >= 11 is 0. The summed E-state index contributed by atoms with van der Waals surface area (Å²) in [6.07, 6.45) is 3.42. The van der Waals surface area contributed by atoms with Gasteiger partial charge in [0.05, 0.1) is 18.3 Å². The first-order valence-electron chi connectivity index (χ1n) is 7.06. The molecule has 2 N–H and O–H groups in total. The Morgan fingerprint density at radius 3 is 2.76 bits per heavy atom. The normalized spacial score (nSPS) is 14.2. The fraction of sp³-hybridized carbons (Fsp3) is 0.235. The van der Waals surface area contributed by atoms with Gasteiger partial charge in [0.15, 0.2) is 5.78 Å². The Labute approximate surface area is 123 Å². The Bertz CT molecular complexity index is 743. The van der Waals surface area contributed by atoms with Crippen LogP contribution in [0, 0.1) is 0 Å². The number of H-pyrrole nitrogens is 1. The van der Waals surface area contributed by atoms with Gasteiger partial charge in [0.1, 0.15) is 5.76 Å². The molecule has 0 aliphatic rings. The van der Waals surface area contributed by atoms with E-state index >= 15 is 0 Å². The van der Waals surface area contributed by atoms with E-state index in [2.05, 4.69) is 10.3 Å². The number of furan rings is 1. The van der Waals surface area contributed by atoms with Crippen LogP contribution in [0.15, 0.2) is 53.3 Å². The summed E-state index contributed by atoms with van der Waals surface area (Å²) < 4.78 is 5.36. The van der Waals surface area contributed by atoms with Crippen LogP contribution >= 0.6 is 0 Å². The molecule has 0 bridgehead atoms. The number of ketones is 1. The molecule has 0 saturated heterocycles. The molecule has 4 heteroatoms. The third-order valence-corrected chi connectivity index (χ3v) is 3.72. The Morgan fingerprint density at radius 2 is 2.00 bits per heavy atom. The van der Waals surface area contributed by atoms with Gasteiger partial charge >= 0.3 is 0 Å². The standard InChI is InChI=1S/C17H18N2O2/c1-11(16-8-5-9-21-16)19-12(2)17(20)14-10-18-15-7-4-3-6-13(14)15/h3-12,18-19H,1-2H3/t11-,12-/m0/s1. The van der Waals surface area contributed by atoms with Crippen molar-refractivity contribution in [1.29, 1.82) is 0 Å². The summed E-state index contributed by atoms with van der Waals surface area (Å²) in [5.74, 6) is 0.902. The highest BCUT2D eigenvalue weighted by atomic mass is 16.3. The molecule has 0 aliphatic carbocycles. The highest BCUT2D eigenvalue weighted by Gasteiger charge is 2.21. The number of para-hydroxylation sites is 1. The average molecular weight is 282 g/mol. The molecule has 2 aromatic heterocycles. The lowest BCUT2D eigenvalue weighted by atomic mass is 10.0. The second-order valence-electron chi connectivity index (χ2n) is 5.24. The van der Waals surface area contributed by atoms with Crippen molar-refractivity contribution in [3.8, 4) is 0 Å². The number of benzene rings is 1. The highest BCUT2D eigenvalue weighted by Crippen LogP contribution is 2.20. The van der Waals surface area contributed by atoms with Gasteiger partial charge in [-0.05, 0) is 32.0 Å². The molecule has 21 heavy (non-hydrogen) atoms. The summed E-state index contributed by atoms with van der Waals surface area (Å²) in [5, 5.41) is 4.24. The van der Waals surface area contributed by atoms with Gasteiger partial charge in [0, 0.05) is 22.7 Å². The largest absolute Gasteiger partial charge is 0.468 e. The molecule has 108 valence electrons. The monoisotopic (exact) mass is 282 g/mol. The van der Waals surface area contributed by atoms with Gasteiger partial charge in [0.2, 0.25) is 0 Å². The molecule has 1 aromatic carbocycles. The van der Waals surface area contributed by atoms with Crippen LogP contribution in [-0.4, -0.2) is 16.8 Å². The molecule has 2 heterocycles. The molecule has 3 rings (SSSR count). The van der Waals surface area contributed by atoms with Gasteiger partial charge in [-0.3, -0.25) is 10.1 Å². The van der Waals surface area contributed by atoms with Crippen molar-refractivity contribution in [3.05, 3.63) is 60.2 Å². The molecule has 0 aliphatic heterocycles. The van der Waals surface area contributed by atoms with E-state index in [9.17, 15) is 4.79 Å². The van der Waals surface area contributed by atoms with E-state index in [1.807, 2.05) is 50.2 Å². The zero-order chi connectivity index (χ0) is 14.8. The first-order valence-corrected chi connectivity index (χ1v) is 7.06. The minimum absolute atomic E-state index is 0.0100. The van der Waals surface area contributed by atoms with Crippen LogP contribution in [0.1, 0.15) is 36.0 Å². The highest BCUT2D eigenvalue weighted by molar-refractivity contribution is 6.10. The van der Waals surface area contributed by atoms with E-state index in [1.54, 1.807) is 12.5 Å². The first kappa shape index (κ1) is 13.6. The van der Waals surface area contributed by atoms with E-state index < -0.39 is 0 Å². The fourth-order valence-electron chi connectivity index (χ4n) is 2.58. The topological polar surface area (TPSA) is 58.0 Å². The maximum Gasteiger partial charge on any atom is 0.181 e. The van der Waals surface area contributed by atoms with Crippen LogP contribution in [0.4, 0.5) is 0 Å². The zero-order valence-electron chi connectivity index (χ0n) is 12.1. The van der Waals surface area contributed by atoms with Gasteiger partial charge in [-0.15, -0.1) is 0 Å². The quantitative estimate of drug-likeness (QED) is 0.702. The van der Waals surface area contributed by atoms with Gasteiger partial charge in [-0.1, -0.05) is 18.2 Å². The maximum absolute atomic E-state index is 12.6. The number of carbonyl (C=O) groups is 1. The van der Waals surface area contributed by atoms with Crippen molar-refractivity contribution in [1.82, 2.24) is 10.3 Å². The van der Waals surface area contributed by atoms with Crippen LogP contribution < -0.4 is 5.32 Å². The second-order valence-corrected chi connectivity index (χ2v) is 5.24. The number of carbonyl (C=O) groups excluding carboxylic acids is 1. The van der Waals surface area contributed by atoms with Crippen LogP contribution in [0.3, 0.4) is 0 Å². The number of fused-ring (bicyclic) bond motifs is 1. The van der Waals surface area contributed by atoms with Crippen LogP contribution in [0.25, 0.3) is 10.9 Å². The third-order valence-electron chi connectivity index (χ3n) is 3.72. The molecule has 0 unspecified atom stereocenters. The van der Waals surface area contributed by atoms with Gasteiger partial charge < -0.3 is 9.40 Å². The molecule has 2 atom stereocenters. The van der Waals surface area contributed by atoms with Crippen molar-refractivity contribution >= 4 is 16.7 Å². The smallest absolute Gasteiger partial charge is 0.181 e. The number of hydrogen-bond acceptors (Lipinski definition) is 3. The molecule has 4 nitrogen and oxygen atoms in total. The number of aromatic amines is 1. The summed E-state index contributed by atoms with van der Waals surface area (Å²) in [4.78, 5) is 15.7. The number of rotatable bonds is 5. The lowest BCUT2D eigenvalue weighted by Crippen LogP contribution is -2.35. The molecular weight excluding hydrogens is 264 g/mol. The lowest BCUT2D eigenvalue weighted by molar-refractivity contribution is 0.0945. The summed E-state index contributed by atoms with van der Waals surface area (Å²) in [6, 6.07) is 11.3. The Hall–Kier alpha value is -2.33. The number of Topliss-reactive ketones (excluding diaryl/α,β-unsaturated/α-hetero) is 1. The van der Waals surface area contributed by atoms with Crippen LogP contribution in [0.5, 0.6) is 0 Å². The first-order chi connectivity index (χ1) is 10.2. The van der Waals surface area contributed by atoms with Crippen LogP contribution in [0.2, 0.25) is 0 Å². The van der Waals surface area contributed by atoms with E-state index in [-0.39, 0.29) is 17.9 Å². The Kier molecular flexibility index (Phi) is 3.62. The zero-order valence-corrected chi connectivity index (χ0v) is 12.1. The molecular formula is C17H18N2O2. The summed E-state index contributed by atoms with van der Waals surface area (Å²) in [7, 11) is 0. The second kappa shape index (κ2) is 5.58. The van der Waals surface area contributed by atoms with E-state index in [0.717, 1.165) is 22.2 Å². The van der Waals surface area contributed by atoms with E-state index in [0.29, 0.717) is 0 Å². The van der Waals surface area contributed by atoms with Gasteiger partial charge in [-0.2, -0.15) is 0 Å². The molecule has 3 aromatic rings. The van der Waals surface area contributed by atoms with Gasteiger partial charge in [0.25, 0.3) is 0 Å². The van der Waals surface area contributed by atoms with Gasteiger partial charge in [-0.25, -0.2) is 0 Å². The van der Waals surface area contributed by atoms with Crippen molar-refractivity contribution in [3.63, 3.8) is 0 Å². The molecule has 0 spiro atoms. The fourth-order valence-corrected chi connectivity index (χ4v) is 2.58. The molecule has 0 amide bonds. The van der Waals surface area contributed by atoms with Crippen LogP contribution in [-0.2, 0) is 0 Å². The van der Waals surface area contributed by atoms with Crippen molar-refractivity contribution in [2.75, 3.05) is 0 Å². The number of aromatic nitrogens is 1. The number of hydrogen-bond donors (Lipinski definition) is 2. The Morgan fingerprint density at radius 1 is 1.19 bits per heavy atom. The maximum atomic E-state index is 12.6. The molecule has 0 radical (unpaired) electrons. The van der Waals surface area contributed by atoms with E-state index in [1.165, 1.54) is 0 Å². The van der Waals surface area contributed by atoms with Crippen molar-refractivity contribution < 1.29 is 9.21 Å². The van der Waals surface area contributed by atoms with Crippen molar-refractivity contribution in [2.45, 2.75) is 25.9 Å². The minimum atomic E-state index is -0.288. The number of nitrogens with one attached hydrogen (secondary N) is 2. The lowest BCUT2D eigenvalue weighted by Gasteiger charge is -2.17. The summed E-state index contributed by atoms with van der Waals surface area (Å²) in [5.41, 5.74) is 1.70. The predicted molar refractivity (Wildman–Crippen MR) is 82.3 cm³/mol. The van der Waals surface area contributed by atoms with E-state index in [4.69, 9.17) is 4.42 Å². The molecule has 0 saturated carbocycles. The SMILES string of the molecule is C[C@H](N[C@@H](C)c1ccco1)C(=O)c1c[nH]c2ccccc12. The summed E-state index contributed by atoms with van der Waals surface area (Å²) in [6.45, 7) is 3.86. The minimum Gasteiger partial charge on any atom is -0.468 e. The third kappa shape index (κ3) is 2.62. The predicted octanol–water partition coefficient (Wildman–Crippen LogP) is 3.68.